The number of nitrogens with two attached hydrogens (primary N) is 2. The SMILES string of the molecule is NC(=O)CCc1cncc(S(N)(=O)=O)c1. The minimum atomic E-state index is -3.74. The van der Waals surface area contributed by atoms with Crippen molar-refractivity contribution in [3.05, 3.63) is 24.0 Å². The molecule has 7 heteroatoms. The second kappa shape index (κ2) is 4.37. The lowest BCUT2D eigenvalue weighted by atomic mass is 10.1. The first-order valence-corrected chi connectivity index (χ1v) is 5.69. The quantitative estimate of drug-likeness (QED) is 0.699. The standard InChI is InChI=1S/C8H11N3O3S/c9-8(12)2-1-6-3-7(5-11-4-6)15(10,13)14/h3-5H,1-2H2,(H2,9,12)(H2,10,13,14). The maximum Gasteiger partial charge on any atom is 0.239 e. The molecule has 4 N–H and O–H groups in total. The highest BCUT2D eigenvalue weighted by atomic mass is 32.2. The maximum atomic E-state index is 11.0. The monoisotopic (exact) mass is 229 g/mol. The summed E-state index contributed by atoms with van der Waals surface area (Å²) in [6, 6.07) is 1.38. The Bertz CT molecular complexity index is 470. The number of amides is 1. The van der Waals surface area contributed by atoms with Gasteiger partial charge in [-0.3, -0.25) is 9.78 Å². The van der Waals surface area contributed by atoms with Crippen molar-refractivity contribution in [1.82, 2.24) is 4.98 Å². The van der Waals surface area contributed by atoms with Crippen LogP contribution in [0.1, 0.15) is 12.0 Å². The van der Waals surface area contributed by atoms with E-state index in [1.165, 1.54) is 12.3 Å². The summed E-state index contributed by atoms with van der Waals surface area (Å²) in [6.07, 6.45) is 3.13. The van der Waals surface area contributed by atoms with Gasteiger partial charge in [-0.15, -0.1) is 0 Å². The third-order valence-electron chi connectivity index (χ3n) is 1.76. The maximum absolute atomic E-state index is 11.0. The molecule has 0 aliphatic heterocycles. The predicted molar refractivity (Wildman–Crippen MR) is 53.1 cm³/mol. The fourth-order valence-electron chi connectivity index (χ4n) is 1.02. The van der Waals surface area contributed by atoms with Gasteiger partial charge in [0.2, 0.25) is 15.9 Å². The Morgan fingerprint density at radius 1 is 1.40 bits per heavy atom. The van der Waals surface area contributed by atoms with Crippen molar-refractivity contribution >= 4 is 15.9 Å². The Kier molecular flexibility index (Phi) is 3.38. The molecule has 15 heavy (non-hydrogen) atoms. The Morgan fingerprint density at radius 2 is 2.07 bits per heavy atom. The number of carbonyl (C=O) groups excluding carboxylic acids is 1. The van der Waals surface area contributed by atoms with Gasteiger partial charge in [0.1, 0.15) is 4.90 Å². The third kappa shape index (κ3) is 3.64. The van der Waals surface area contributed by atoms with Crippen molar-refractivity contribution in [3.63, 3.8) is 0 Å². The number of primary sulfonamides is 1. The van der Waals surface area contributed by atoms with Gasteiger partial charge in [-0.05, 0) is 18.1 Å². The van der Waals surface area contributed by atoms with Crippen molar-refractivity contribution in [1.29, 1.82) is 0 Å². The zero-order chi connectivity index (χ0) is 11.5. The molecule has 1 heterocycles. The van der Waals surface area contributed by atoms with Crippen LogP contribution in [0.4, 0.5) is 0 Å². The normalized spacial score (nSPS) is 11.3. The molecule has 0 radical (unpaired) electrons. The first-order valence-electron chi connectivity index (χ1n) is 4.14. The van der Waals surface area contributed by atoms with Gasteiger partial charge in [-0.25, -0.2) is 13.6 Å². The molecule has 1 amide bonds. The Morgan fingerprint density at radius 3 is 2.60 bits per heavy atom. The predicted octanol–water partition coefficient (Wildman–Crippen LogP) is -0.853. The summed E-state index contributed by atoms with van der Waals surface area (Å²) in [5, 5.41) is 4.92. The smallest absolute Gasteiger partial charge is 0.239 e. The van der Waals surface area contributed by atoms with Crippen LogP contribution in [-0.2, 0) is 21.2 Å². The van der Waals surface area contributed by atoms with Crippen LogP contribution in [-0.4, -0.2) is 19.3 Å². The number of nitrogens with zero attached hydrogens (tertiary/aromatic N) is 1. The lowest BCUT2D eigenvalue weighted by molar-refractivity contribution is -0.117. The molecule has 0 saturated heterocycles. The zero-order valence-electron chi connectivity index (χ0n) is 7.88. The summed E-state index contributed by atoms with van der Waals surface area (Å²) in [4.78, 5) is 14.2. The topological polar surface area (TPSA) is 116 Å². The summed E-state index contributed by atoms with van der Waals surface area (Å²) in [5.41, 5.74) is 5.57. The van der Waals surface area contributed by atoms with Crippen LogP contribution >= 0.6 is 0 Å². The number of pyridine rings is 1. The average molecular weight is 229 g/mol. The van der Waals surface area contributed by atoms with Crippen molar-refractivity contribution in [3.8, 4) is 0 Å². The van der Waals surface area contributed by atoms with E-state index in [-0.39, 0.29) is 11.3 Å². The number of hydrogen-bond acceptors (Lipinski definition) is 4. The largest absolute Gasteiger partial charge is 0.370 e. The molecule has 0 aliphatic rings. The fraction of sp³-hybridized carbons (Fsp3) is 0.250. The lowest BCUT2D eigenvalue weighted by Crippen LogP contribution is -2.14. The summed E-state index contributed by atoms with van der Waals surface area (Å²) >= 11 is 0. The van der Waals surface area contributed by atoms with E-state index in [0.29, 0.717) is 12.0 Å². The Balaban J connectivity index is 2.89. The van der Waals surface area contributed by atoms with Gasteiger partial charge in [-0.2, -0.15) is 0 Å². The van der Waals surface area contributed by atoms with Crippen molar-refractivity contribution in [2.24, 2.45) is 10.9 Å². The van der Waals surface area contributed by atoms with Gasteiger partial charge in [0.25, 0.3) is 0 Å². The number of rotatable bonds is 4. The molecule has 6 nitrogen and oxygen atoms in total. The number of hydrogen-bond donors (Lipinski definition) is 2. The zero-order valence-corrected chi connectivity index (χ0v) is 8.70. The summed E-state index contributed by atoms with van der Waals surface area (Å²) in [5.74, 6) is -0.448. The molecule has 0 aliphatic carbocycles. The van der Waals surface area contributed by atoms with E-state index in [4.69, 9.17) is 10.9 Å². The molecular formula is C8H11N3O3S. The molecule has 0 aromatic carbocycles. The Labute approximate surface area is 87.3 Å². The number of aryl methyl sites for hydroxylation is 1. The molecule has 0 saturated carbocycles. The van der Waals surface area contributed by atoms with Crippen molar-refractivity contribution < 1.29 is 13.2 Å². The summed E-state index contributed by atoms with van der Waals surface area (Å²) in [7, 11) is -3.74. The van der Waals surface area contributed by atoms with E-state index in [2.05, 4.69) is 4.98 Å². The second-order valence-corrected chi connectivity index (χ2v) is 4.60. The van der Waals surface area contributed by atoms with E-state index in [9.17, 15) is 13.2 Å². The van der Waals surface area contributed by atoms with E-state index in [1.54, 1.807) is 0 Å². The molecule has 0 bridgehead atoms. The Hall–Kier alpha value is -1.47. The highest BCUT2D eigenvalue weighted by molar-refractivity contribution is 7.89. The molecule has 0 spiro atoms. The highest BCUT2D eigenvalue weighted by Gasteiger charge is 2.08. The summed E-state index contributed by atoms with van der Waals surface area (Å²) < 4.78 is 21.9. The van der Waals surface area contributed by atoms with Crippen LogP contribution in [0.25, 0.3) is 0 Å². The van der Waals surface area contributed by atoms with Crippen LogP contribution in [0.2, 0.25) is 0 Å². The first-order chi connectivity index (χ1) is 6.89. The van der Waals surface area contributed by atoms with E-state index < -0.39 is 15.9 Å². The molecule has 0 fully saturated rings. The van der Waals surface area contributed by atoms with Crippen molar-refractivity contribution in [2.45, 2.75) is 17.7 Å². The average Bonchev–Trinajstić information content (AvgIpc) is 2.14. The number of carbonyl (C=O) groups is 1. The molecule has 0 unspecified atom stereocenters. The van der Waals surface area contributed by atoms with Crippen LogP contribution in [0.5, 0.6) is 0 Å². The molecule has 82 valence electrons. The molecule has 1 aromatic rings. The summed E-state index contributed by atoms with van der Waals surface area (Å²) in [6.45, 7) is 0. The molecule has 1 rings (SSSR count). The number of primary amides is 1. The molecular weight excluding hydrogens is 218 g/mol. The van der Waals surface area contributed by atoms with E-state index >= 15 is 0 Å². The minimum Gasteiger partial charge on any atom is -0.370 e. The van der Waals surface area contributed by atoms with Gasteiger partial charge in [0.05, 0.1) is 0 Å². The number of aromatic nitrogens is 1. The van der Waals surface area contributed by atoms with Gasteiger partial charge >= 0.3 is 0 Å². The van der Waals surface area contributed by atoms with Crippen LogP contribution in [0.3, 0.4) is 0 Å². The molecule has 0 atom stereocenters. The fourth-order valence-corrected chi connectivity index (χ4v) is 1.55. The van der Waals surface area contributed by atoms with Gasteiger partial charge in [0.15, 0.2) is 0 Å². The van der Waals surface area contributed by atoms with Crippen molar-refractivity contribution in [2.75, 3.05) is 0 Å². The van der Waals surface area contributed by atoms with Crippen LogP contribution < -0.4 is 10.9 Å². The lowest BCUT2D eigenvalue weighted by Gasteiger charge is -2.01. The van der Waals surface area contributed by atoms with E-state index in [1.807, 2.05) is 0 Å². The second-order valence-electron chi connectivity index (χ2n) is 3.04. The van der Waals surface area contributed by atoms with E-state index in [0.717, 1.165) is 6.20 Å². The van der Waals surface area contributed by atoms with Gasteiger partial charge in [0, 0.05) is 18.8 Å². The van der Waals surface area contributed by atoms with Gasteiger partial charge < -0.3 is 5.73 Å². The van der Waals surface area contributed by atoms with Crippen LogP contribution in [0.15, 0.2) is 23.4 Å². The molecule has 1 aromatic heterocycles. The number of sulfonamides is 1. The third-order valence-corrected chi connectivity index (χ3v) is 2.64. The highest BCUT2D eigenvalue weighted by Crippen LogP contribution is 2.08. The minimum absolute atomic E-state index is 0.0653. The first kappa shape index (κ1) is 11.6. The van der Waals surface area contributed by atoms with Gasteiger partial charge in [-0.1, -0.05) is 0 Å². The van der Waals surface area contributed by atoms with Crippen LogP contribution in [0, 0.1) is 0 Å².